The van der Waals surface area contributed by atoms with Gasteiger partial charge in [-0.1, -0.05) is 72.3 Å². The summed E-state index contributed by atoms with van der Waals surface area (Å²) in [6.45, 7) is 19.4. The third-order valence-electron chi connectivity index (χ3n) is 21.3. The topological polar surface area (TPSA) is 348 Å². The smallest absolute Gasteiger partial charge is 0.335 e. The normalized spacial score (nSPS) is 48.6. The third-order valence-corrected chi connectivity index (χ3v) is 21.3. The zero-order chi connectivity index (χ0) is 58.4. The maximum atomic E-state index is 13.8. The van der Waals surface area contributed by atoms with Crippen molar-refractivity contribution in [2.24, 2.45) is 50.2 Å². The first-order chi connectivity index (χ1) is 36.9. The van der Waals surface area contributed by atoms with Crippen LogP contribution in [0.5, 0.6) is 0 Å². The Morgan fingerprint density at radius 2 is 1.19 bits per heavy atom. The van der Waals surface area contributed by atoms with Crippen LogP contribution in [0.2, 0.25) is 0 Å². The Bertz CT molecular complexity index is 2350. The monoisotopic (exact) mass is 1120 g/mol. The van der Waals surface area contributed by atoms with Crippen LogP contribution in [0.3, 0.4) is 0 Å². The van der Waals surface area contributed by atoms with E-state index in [1.807, 2.05) is 13.8 Å². The quantitative estimate of drug-likeness (QED) is 0.0505. The summed E-state index contributed by atoms with van der Waals surface area (Å²) in [6.07, 6.45) is -20.2. The van der Waals surface area contributed by atoms with Crippen molar-refractivity contribution in [3.63, 3.8) is 0 Å². The van der Waals surface area contributed by atoms with E-state index in [9.17, 15) is 70.6 Å². The number of hydrogen-bond donors (Lipinski definition) is 11. The van der Waals surface area contributed by atoms with Gasteiger partial charge in [0.25, 0.3) is 0 Å². The lowest BCUT2D eigenvalue weighted by atomic mass is 9.33. The van der Waals surface area contributed by atoms with Crippen molar-refractivity contribution in [2.45, 2.75) is 232 Å². The number of aliphatic hydroxyl groups is 10. The van der Waals surface area contributed by atoms with Crippen LogP contribution in [-0.4, -0.2) is 204 Å². The van der Waals surface area contributed by atoms with Crippen LogP contribution in [-0.2, 0) is 52.3 Å². The molecule has 4 saturated carbocycles. The summed E-state index contributed by atoms with van der Waals surface area (Å²) in [5.41, 5.74) is -2.71. The van der Waals surface area contributed by atoms with Gasteiger partial charge in [0.15, 0.2) is 31.1 Å². The standard InChI is InChI=1S/C57H88O22/c1-12-25(3)47(70)78-44-45(79-48(71)26(4)13-2)57(24-60)28(20-52(44,5)6)27-14-15-32-54(9)18-17-34(53(7,8)31(54)16-19-55(32,10)56(27,11)21-33(57)61)74-51-43(77-50-39(66)37(64)35(62)29(22-58)72-50)41(40(67)42(76-51)46(68)69)75-49-38(65)36(63)30(23-59)73-49/h12-14,28-45,49-51,58-67H,15-24H2,1-11H3,(H,68,69)/b25-12-,26-13-/t28?,29?,30-,31?,32?,33+,34-,35-,36?,37?,38?,39?,40-,41?,42?,43?,44?,45-,49-,50-,51+,54-,55+,56+,57-/m0/s1. The number of carbonyl (C=O) groups excluding carboxylic acids is 2. The zero-order valence-electron chi connectivity index (χ0n) is 47.3. The Labute approximate surface area is 461 Å². The van der Waals surface area contributed by atoms with Gasteiger partial charge in [-0.2, -0.15) is 0 Å². The summed E-state index contributed by atoms with van der Waals surface area (Å²) in [7, 11) is 0. The molecule has 0 aromatic rings. The van der Waals surface area contributed by atoms with Crippen LogP contribution in [0.1, 0.15) is 121 Å². The van der Waals surface area contributed by atoms with Crippen molar-refractivity contribution >= 4 is 17.9 Å². The van der Waals surface area contributed by atoms with Crippen LogP contribution < -0.4 is 0 Å². The molecule has 8 aliphatic rings. The highest BCUT2D eigenvalue weighted by Crippen LogP contribution is 2.76. The largest absolute Gasteiger partial charge is 0.479 e. The van der Waals surface area contributed by atoms with Crippen molar-refractivity contribution in [1.29, 1.82) is 0 Å². The fourth-order valence-electron chi connectivity index (χ4n) is 16.2. The van der Waals surface area contributed by atoms with E-state index < -0.39 is 181 Å². The molecule has 0 radical (unpaired) electrons. The fourth-order valence-corrected chi connectivity index (χ4v) is 16.2. The molecule has 22 nitrogen and oxygen atoms in total. The van der Waals surface area contributed by atoms with Gasteiger partial charge in [-0.05, 0) is 112 Å². The summed E-state index contributed by atoms with van der Waals surface area (Å²) in [6, 6.07) is 0. The average Bonchev–Trinajstić information content (AvgIpc) is 3.87. The molecule has 448 valence electrons. The van der Waals surface area contributed by atoms with E-state index in [1.165, 1.54) is 0 Å². The molecular weight excluding hydrogens is 1040 g/mol. The van der Waals surface area contributed by atoms with Gasteiger partial charge < -0.3 is 94.1 Å². The van der Waals surface area contributed by atoms with Crippen molar-refractivity contribution in [3.8, 4) is 0 Å². The van der Waals surface area contributed by atoms with Gasteiger partial charge in [0, 0.05) is 16.6 Å². The van der Waals surface area contributed by atoms with Gasteiger partial charge >= 0.3 is 17.9 Å². The number of carboxylic acids is 1. The minimum absolute atomic E-state index is 0.0232. The van der Waals surface area contributed by atoms with Gasteiger partial charge in [-0.25, -0.2) is 14.4 Å². The molecular formula is C57H88O22. The van der Waals surface area contributed by atoms with Gasteiger partial charge in [0.2, 0.25) is 0 Å². The molecule has 0 amide bonds. The second-order valence-corrected chi connectivity index (χ2v) is 26.0. The van der Waals surface area contributed by atoms with Gasteiger partial charge in [-0.15, -0.1) is 0 Å². The van der Waals surface area contributed by atoms with Crippen LogP contribution in [0, 0.1) is 50.2 Å². The second-order valence-electron chi connectivity index (χ2n) is 26.0. The average molecular weight is 1130 g/mol. The van der Waals surface area contributed by atoms with Crippen molar-refractivity contribution in [3.05, 3.63) is 34.9 Å². The highest BCUT2D eigenvalue weighted by Gasteiger charge is 2.74. The van der Waals surface area contributed by atoms with Crippen LogP contribution in [0.15, 0.2) is 34.9 Å². The number of aliphatic carboxylic acids is 1. The minimum Gasteiger partial charge on any atom is -0.479 e. The van der Waals surface area contributed by atoms with E-state index in [1.54, 1.807) is 39.8 Å². The minimum atomic E-state index is -2.10. The molecule has 3 heterocycles. The number of allylic oxidation sites excluding steroid dienone is 4. The van der Waals surface area contributed by atoms with E-state index in [4.69, 9.17) is 37.9 Å². The maximum absolute atomic E-state index is 13.8. The second kappa shape index (κ2) is 22.5. The Morgan fingerprint density at radius 1 is 0.646 bits per heavy atom. The van der Waals surface area contributed by atoms with Gasteiger partial charge in [0.1, 0.15) is 67.1 Å². The molecule has 25 atom stereocenters. The summed E-state index contributed by atoms with van der Waals surface area (Å²) in [5.74, 6) is -3.40. The number of fused-ring (bicyclic) bond motifs is 7. The first kappa shape index (κ1) is 62.0. The molecule has 0 aromatic heterocycles. The zero-order valence-corrected chi connectivity index (χ0v) is 47.3. The Kier molecular flexibility index (Phi) is 17.7. The molecule has 22 heteroatoms. The Morgan fingerprint density at radius 3 is 1.73 bits per heavy atom. The number of esters is 2. The molecule has 11 N–H and O–H groups in total. The SMILES string of the molecule is C/C=C(/C)C(=O)OC1[C@H](OC(=O)/C(C)=C\C)[C@@]2(CO)C(CC1(C)C)C1=CCC3[C@@]4(C)CC[C@H](O[C@@H]5OC(C(=O)O)[C@@H](O)C(O[C@@H]6O[C@@H](CO)C(O)C6O)C5O[C@@H]5OC(CO)[C@H](O)C(O)C5O)C(C)(C)C4CC[C@@]3(C)[C@]1(C)C[C@H]2O. The number of aliphatic hydroxyl groups excluding tert-OH is 10. The van der Waals surface area contributed by atoms with Crippen LogP contribution in [0.4, 0.5) is 0 Å². The Balaban J connectivity index is 1.12. The number of carbonyl (C=O) groups is 3. The molecule has 7 fully saturated rings. The molecule has 0 aromatic carbocycles. The van der Waals surface area contributed by atoms with E-state index in [0.717, 1.165) is 5.57 Å². The number of ether oxygens (including phenoxy) is 8. The van der Waals surface area contributed by atoms with Gasteiger partial charge in [-0.3, -0.25) is 0 Å². The van der Waals surface area contributed by atoms with E-state index in [-0.39, 0.29) is 23.7 Å². The molecule has 5 aliphatic carbocycles. The lowest BCUT2D eigenvalue weighted by Gasteiger charge is -2.72. The molecule has 79 heavy (non-hydrogen) atoms. The summed E-state index contributed by atoms with van der Waals surface area (Å²) >= 11 is 0. The highest BCUT2D eigenvalue weighted by molar-refractivity contribution is 5.89. The van der Waals surface area contributed by atoms with Crippen molar-refractivity contribution in [2.75, 3.05) is 19.8 Å². The predicted molar refractivity (Wildman–Crippen MR) is 275 cm³/mol. The number of carboxylic acid groups (broad SMARTS) is 1. The number of hydrogen-bond acceptors (Lipinski definition) is 21. The number of rotatable bonds is 14. The van der Waals surface area contributed by atoms with E-state index in [2.05, 4.69) is 40.7 Å². The lowest BCUT2D eigenvalue weighted by Crippen LogP contribution is -2.72. The maximum Gasteiger partial charge on any atom is 0.335 e. The predicted octanol–water partition coefficient (Wildman–Crippen LogP) is 1.29. The first-order valence-corrected chi connectivity index (χ1v) is 28.0. The fraction of sp³-hybridized carbons (Fsp3) is 0.842. The van der Waals surface area contributed by atoms with E-state index in [0.29, 0.717) is 49.7 Å². The highest BCUT2D eigenvalue weighted by atomic mass is 16.8. The van der Waals surface area contributed by atoms with Crippen molar-refractivity contribution < 1.29 is 108 Å². The van der Waals surface area contributed by atoms with Crippen LogP contribution >= 0.6 is 0 Å². The van der Waals surface area contributed by atoms with Gasteiger partial charge in [0.05, 0.1) is 37.4 Å². The van der Waals surface area contributed by atoms with E-state index >= 15 is 0 Å². The molecule has 0 spiro atoms. The van der Waals surface area contributed by atoms with Crippen molar-refractivity contribution in [1.82, 2.24) is 0 Å². The summed E-state index contributed by atoms with van der Waals surface area (Å²) in [5, 5.41) is 121. The molecule has 0 bridgehead atoms. The summed E-state index contributed by atoms with van der Waals surface area (Å²) in [4.78, 5) is 40.3. The van der Waals surface area contributed by atoms with Crippen LogP contribution in [0.25, 0.3) is 0 Å². The summed E-state index contributed by atoms with van der Waals surface area (Å²) < 4.78 is 49.2. The molecule has 3 saturated heterocycles. The Hall–Kier alpha value is -3.01. The molecule has 3 aliphatic heterocycles. The molecule has 12 unspecified atom stereocenters. The lowest BCUT2D eigenvalue weighted by molar-refractivity contribution is -0.386. The molecule has 8 rings (SSSR count). The third kappa shape index (κ3) is 9.99. The first-order valence-electron chi connectivity index (χ1n) is 28.0.